The maximum absolute atomic E-state index is 9.22. The van der Waals surface area contributed by atoms with Gasteiger partial charge in [0.2, 0.25) is 0 Å². The topological polar surface area (TPSA) is 29.5 Å². The van der Waals surface area contributed by atoms with Crippen molar-refractivity contribution in [3.63, 3.8) is 0 Å². The average molecular weight is 312 g/mol. The summed E-state index contributed by atoms with van der Waals surface area (Å²) in [6, 6.07) is 12.3. The molecule has 2 aromatic rings. The maximum atomic E-state index is 9.22. The fraction of sp³-hybridized carbons (Fsp3) is 0.524. The highest BCUT2D eigenvalue weighted by Gasteiger charge is 2.30. The molecule has 0 aromatic heterocycles. The number of benzene rings is 2. The monoisotopic (exact) mass is 312 g/mol. The Hall–Kier alpha value is -1.54. The summed E-state index contributed by atoms with van der Waals surface area (Å²) in [7, 11) is 0. The molecule has 1 saturated carbocycles. The zero-order valence-corrected chi connectivity index (χ0v) is 14.5. The number of ether oxygens (including phenoxy) is 1. The normalized spacial score (nSPS) is 22.3. The Morgan fingerprint density at radius 3 is 2.26 bits per heavy atom. The first-order valence-corrected chi connectivity index (χ1v) is 8.76. The molecule has 1 N–H and O–H groups in total. The number of aliphatic hydroxyl groups is 1. The minimum Gasteiger partial charge on any atom is -0.490 e. The molecule has 0 heterocycles. The molecule has 0 atom stereocenters. The molecule has 1 fully saturated rings. The fourth-order valence-electron chi connectivity index (χ4n) is 3.68. The fourth-order valence-corrected chi connectivity index (χ4v) is 3.68. The lowest BCUT2D eigenvalue weighted by atomic mass is 9.72. The second kappa shape index (κ2) is 6.52. The van der Waals surface area contributed by atoms with E-state index in [1.165, 1.54) is 18.2 Å². The lowest BCUT2D eigenvalue weighted by Crippen LogP contribution is -2.30. The van der Waals surface area contributed by atoms with Crippen LogP contribution >= 0.6 is 0 Å². The number of hydrogen-bond donors (Lipinski definition) is 1. The molecule has 0 saturated heterocycles. The van der Waals surface area contributed by atoms with Crippen LogP contribution in [0.5, 0.6) is 5.75 Å². The molecule has 2 heteroatoms. The summed E-state index contributed by atoms with van der Waals surface area (Å²) in [5.41, 5.74) is 1.37. The summed E-state index contributed by atoms with van der Waals surface area (Å²) in [4.78, 5) is 0. The second-order valence-electron chi connectivity index (χ2n) is 7.96. The van der Waals surface area contributed by atoms with E-state index >= 15 is 0 Å². The highest BCUT2D eigenvalue weighted by molar-refractivity contribution is 5.84. The molecule has 0 amide bonds. The Morgan fingerprint density at radius 2 is 1.61 bits per heavy atom. The van der Waals surface area contributed by atoms with Gasteiger partial charge in [0, 0.05) is 0 Å². The summed E-state index contributed by atoms with van der Waals surface area (Å²) < 4.78 is 6.23. The van der Waals surface area contributed by atoms with E-state index in [1.54, 1.807) is 0 Å². The van der Waals surface area contributed by atoms with E-state index in [0.29, 0.717) is 11.5 Å². The maximum Gasteiger partial charge on any atom is 0.120 e. The van der Waals surface area contributed by atoms with Crippen molar-refractivity contribution in [3.05, 3.63) is 42.0 Å². The average Bonchev–Trinajstić information content (AvgIpc) is 2.54. The van der Waals surface area contributed by atoms with Crippen molar-refractivity contribution < 1.29 is 9.84 Å². The largest absolute Gasteiger partial charge is 0.490 e. The zero-order valence-electron chi connectivity index (χ0n) is 14.5. The van der Waals surface area contributed by atoms with Crippen molar-refractivity contribution in [1.29, 1.82) is 0 Å². The molecule has 0 aliphatic heterocycles. The van der Waals surface area contributed by atoms with Crippen LogP contribution in [-0.4, -0.2) is 11.2 Å². The van der Waals surface area contributed by atoms with Crippen LogP contribution in [0.1, 0.15) is 52.0 Å². The van der Waals surface area contributed by atoms with Gasteiger partial charge in [0.25, 0.3) is 0 Å². The van der Waals surface area contributed by atoms with Gasteiger partial charge in [-0.3, -0.25) is 0 Å². The molecule has 2 aromatic carbocycles. The van der Waals surface area contributed by atoms with E-state index < -0.39 is 0 Å². The first kappa shape index (κ1) is 16.3. The van der Waals surface area contributed by atoms with Gasteiger partial charge in [-0.2, -0.15) is 0 Å². The molecule has 1 aliphatic carbocycles. The Morgan fingerprint density at radius 1 is 0.957 bits per heavy atom. The summed E-state index contributed by atoms with van der Waals surface area (Å²) in [5.74, 6) is 1.78. The van der Waals surface area contributed by atoms with Crippen LogP contribution < -0.4 is 4.74 Å². The summed E-state index contributed by atoms with van der Waals surface area (Å²) >= 11 is 0. The Bertz CT molecular complexity index is 661. The third-order valence-electron chi connectivity index (χ3n) is 5.26. The predicted molar refractivity (Wildman–Crippen MR) is 95.7 cm³/mol. The Balaban J connectivity index is 1.66. The van der Waals surface area contributed by atoms with Crippen LogP contribution in [-0.2, 0) is 6.61 Å². The highest BCUT2D eigenvalue weighted by Crippen LogP contribution is 2.38. The van der Waals surface area contributed by atoms with Gasteiger partial charge in [0.15, 0.2) is 0 Å². The van der Waals surface area contributed by atoms with Gasteiger partial charge in [-0.25, -0.2) is 0 Å². The van der Waals surface area contributed by atoms with E-state index in [1.807, 2.05) is 12.1 Å². The molecular weight excluding hydrogens is 284 g/mol. The van der Waals surface area contributed by atoms with Gasteiger partial charge in [-0.1, -0.05) is 39.0 Å². The lowest BCUT2D eigenvalue weighted by molar-refractivity contribution is 0.0883. The van der Waals surface area contributed by atoms with Crippen molar-refractivity contribution in [3.8, 4) is 5.75 Å². The van der Waals surface area contributed by atoms with Gasteiger partial charge in [-0.05, 0) is 71.6 Å². The molecule has 0 radical (unpaired) electrons. The van der Waals surface area contributed by atoms with Crippen LogP contribution in [0, 0.1) is 11.3 Å². The molecule has 124 valence electrons. The van der Waals surface area contributed by atoms with Crippen molar-refractivity contribution in [1.82, 2.24) is 0 Å². The van der Waals surface area contributed by atoms with Crippen LogP contribution in [0.15, 0.2) is 36.4 Å². The summed E-state index contributed by atoms with van der Waals surface area (Å²) in [6.07, 6.45) is 5.19. The predicted octanol–water partition coefficient (Wildman–Crippen LogP) is 5.32. The molecule has 23 heavy (non-hydrogen) atoms. The smallest absolute Gasteiger partial charge is 0.120 e. The Labute approximate surface area is 139 Å². The summed E-state index contributed by atoms with van der Waals surface area (Å²) in [5, 5.41) is 11.5. The van der Waals surface area contributed by atoms with Crippen molar-refractivity contribution in [2.75, 3.05) is 0 Å². The molecule has 1 aliphatic rings. The van der Waals surface area contributed by atoms with Crippen LogP contribution in [0.25, 0.3) is 10.8 Å². The number of rotatable bonds is 3. The third-order valence-corrected chi connectivity index (χ3v) is 5.26. The number of fused-ring (bicyclic) bond motifs is 1. The number of hydrogen-bond acceptors (Lipinski definition) is 2. The van der Waals surface area contributed by atoms with E-state index in [0.717, 1.165) is 35.5 Å². The molecule has 0 unspecified atom stereocenters. The van der Waals surface area contributed by atoms with Crippen molar-refractivity contribution in [2.45, 2.75) is 59.2 Å². The molecule has 0 bridgehead atoms. The van der Waals surface area contributed by atoms with E-state index in [9.17, 15) is 5.11 Å². The van der Waals surface area contributed by atoms with E-state index in [2.05, 4.69) is 45.0 Å². The quantitative estimate of drug-likeness (QED) is 0.831. The SMILES string of the molecule is CC(C)(C)C1CCC(Oc2ccc3cc(CO)ccc3c2)CC1. The van der Waals surface area contributed by atoms with E-state index in [-0.39, 0.29) is 6.61 Å². The van der Waals surface area contributed by atoms with Gasteiger partial charge < -0.3 is 9.84 Å². The van der Waals surface area contributed by atoms with E-state index in [4.69, 9.17) is 4.74 Å². The minimum atomic E-state index is 0.0885. The number of aliphatic hydroxyl groups excluding tert-OH is 1. The van der Waals surface area contributed by atoms with Gasteiger partial charge >= 0.3 is 0 Å². The molecular formula is C21H28O2. The van der Waals surface area contributed by atoms with Gasteiger partial charge in [0.05, 0.1) is 12.7 Å². The van der Waals surface area contributed by atoms with Crippen LogP contribution in [0.4, 0.5) is 0 Å². The standard InChI is InChI=1S/C21H28O2/c1-21(2,3)18-7-10-19(11-8-18)23-20-9-6-16-12-15(14-22)4-5-17(16)13-20/h4-6,9,12-13,18-19,22H,7-8,10-11,14H2,1-3H3. The second-order valence-corrected chi connectivity index (χ2v) is 7.96. The third kappa shape index (κ3) is 3.87. The van der Waals surface area contributed by atoms with Gasteiger partial charge in [0.1, 0.15) is 5.75 Å². The van der Waals surface area contributed by atoms with Gasteiger partial charge in [-0.15, -0.1) is 0 Å². The van der Waals surface area contributed by atoms with Crippen molar-refractivity contribution >= 4 is 10.8 Å². The summed E-state index contributed by atoms with van der Waals surface area (Å²) in [6.45, 7) is 7.14. The molecule has 2 nitrogen and oxygen atoms in total. The Kier molecular flexibility index (Phi) is 4.63. The minimum absolute atomic E-state index is 0.0885. The van der Waals surface area contributed by atoms with Crippen LogP contribution in [0.3, 0.4) is 0 Å². The highest BCUT2D eigenvalue weighted by atomic mass is 16.5. The zero-order chi connectivity index (χ0) is 16.4. The first-order chi connectivity index (χ1) is 11.0. The van der Waals surface area contributed by atoms with Crippen molar-refractivity contribution in [2.24, 2.45) is 11.3 Å². The molecule has 3 rings (SSSR count). The first-order valence-electron chi connectivity index (χ1n) is 8.76. The van der Waals surface area contributed by atoms with Crippen LogP contribution in [0.2, 0.25) is 0 Å². The molecule has 0 spiro atoms. The lowest BCUT2D eigenvalue weighted by Gasteiger charge is -2.37.